The number of allylic oxidation sites excluding steroid dienone is 2. The van der Waals surface area contributed by atoms with E-state index in [1.807, 2.05) is 0 Å². The van der Waals surface area contributed by atoms with Gasteiger partial charge in [0.05, 0.1) is 7.11 Å². The molecule has 1 saturated heterocycles. The van der Waals surface area contributed by atoms with E-state index in [1.165, 1.54) is 29.7 Å². The Bertz CT molecular complexity index is 506. The first-order chi connectivity index (χ1) is 8.71. The molecule has 1 heterocycles. The third-order valence-electron chi connectivity index (χ3n) is 4.73. The summed E-state index contributed by atoms with van der Waals surface area (Å²) in [5.41, 5.74) is 4.71. The highest BCUT2D eigenvalue weighted by molar-refractivity contribution is 5.50. The minimum Gasteiger partial charge on any atom is -0.497 e. The van der Waals surface area contributed by atoms with Gasteiger partial charge in [-0.25, -0.2) is 0 Å². The van der Waals surface area contributed by atoms with Crippen molar-refractivity contribution in [3.63, 3.8) is 0 Å². The molecule has 3 rings (SSSR count). The number of fused-ring (bicyclic) bond motifs is 3. The van der Waals surface area contributed by atoms with E-state index in [0.29, 0.717) is 0 Å². The van der Waals surface area contributed by atoms with Gasteiger partial charge in [-0.2, -0.15) is 0 Å². The first-order valence-corrected chi connectivity index (χ1v) is 6.80. The summed E-state index contributed by atoms with van der Waals surface area (Å²) in [5.74, 6) is 0.984. The van der Waals surface area contributed by atoms with Gasteiger partial charge < -0.3 is 9.64 Å². The van der Waals surface area contributed by atoms with Crippen LogP contribution in [0.1, 0.15) is 30.9 Å². The number of benzene rings is 1. The predicted octanol–water partition coefficient (Wildman–Crippen LogP) is 3.12. The fourth-order valence-corrected chi connectivity index (χ4v) is 3.66. The summed E-state index contributed by atoms with van der Waals surface area (Å²) in [7, 11) is 3.97. The second kappa shape index (κ2) is 4.04. The van der Waals surface area contributed by atoms with Gasteiger partial charge in [-0.1, -0.05) is 19.1 Å². The largest absolute Gasteiger partial charge is 0.497 e. The molecule has 0 spiro atoms. The lowest BCUT2D eigenvalue weighted by Gasteiger charge is -2.36. The molecule has 18 heavy (non-hydrogen) atoms. The van der Waals surface area contributed by atoms with Gasteiger partial charge in [0.2, 0.25) is 0 Å². The maximum absolute atomic E-state index is 5.41. The van der Waals surface area contributed by atoms with E-state index in [0.717, 1.165) is 18.7 Å². The number of nitrogens with zero attached hydrogens (tertiary/aromatic N) is 1. The van der Waals surface area contributed by atoms with Crippen LogP contribution in [0, 0.1) is 0 Å². The van der Waals surface area contributed by atoms with Gasteiger partial charge in [0.1, 0.15) is 5.75 Å². The number of methoxy groups -OCH3 is 1. The molecule has 2 aliphatic rings. The summed E-state index contributed by atoms with van der Waals surface area (Å²) in [4.78, 5) is 2.42. The minimum atomic E-state index is 0.233. The maximum atomic E-state index is 5.41. The summed E-state index contributed by atoms with van der Waals surface area (Å²) in [5, 5.41) is 0. The van der Waals surface area contributed by atoms with Gasteiger partial charge >= 0.3 is 0 Å². The molecule has 1 fully saturated rings. The molecule has 0 N–H and O–H groups in total. The lowest BCUT2D eigenvalue weighted by Crippen LogP contribution is -2.30. The number of likely N-dealkylation sites (N-methyl/N-ethyl adjacent to an activating group) is 1. The number of ether oxygens (including phenoxy) is 1. The average Bonchev–Trinajstić information content (AvgIpc) is 2.76. The van der Waals surface area contributed by atoms with Crippen molar-refractivity contribution in [1.29, 1.82) is 0 Å². The van der Waals surface area contributed by atoms with Crippen LogP contribution >= 0.6 is 0 Å². The van der Waals surface area contributed by atoms with Gasteiger partial charge in [0.25, 0.3) is 0 Å². The van der Waals surface area contributed by atoms with E-state index >= 15 is 0 Å². The van der Waals surface area contributed by atoms with Crippen molar-refractivity contribution in [3.05, 3.63) is 41.1 Å². The van der Waals surface area contributed by atoms with Crippen molar-refractivity contribution in [2.75, 3.05) is 20.7 Å². The third kappa shape index (κ3) is 1.41. The number of hydrogen-bond donors (Lipinski definition) is 0. The van der Waals surface area contributed by atoms with Crippen LogP contribution in [0.15, 0.2) is 30.0 Å². The Labute approximate surface area is 109 Å². The molecule has 1 atom stereocenters. The molecule has 0 amide bonds. The Morgan fingerprint density at radius 3 is 2.94 bits per heavy atom. The summed E-state index contributed by atoms with van der Waals surface area (Å²) < 4.78 is 5.41. The van der Waals surface area contributed by atoms with Crippen molar-refractivity contribution in [1.82, 2.24) is 4.90 Å². The molecule has 2 heteroatoms. The van der Waals surface area contributed by atoms with E-state index in [1.54, 1.807) is 7.11 Å². The second-order valence-electron chi connectivity index (χ2n) is 5.42. The Morgan fingerprint density at radius 1 is 1.39 bits per heavy atom. The van der Waals surface area contributed by atoms with Crippen LogP contribution in [-0.2, 0) is 11.8 Å². The molecule has 0 saturated carbocycles. The van der Waals surface area contributed by atoms with Gasteiger partial charge in [0.15, 0.2) is 0 Å². The van der Waals surface area contributed by atoms with Gasteiger partial charge in [-0.15, -0.1) is 0 Å². The average molecular weight is 243 g/mol. The van der Waals surface area contributed by atoms with Crippen LogP contribution in [-0.4, -0.2) is 25.6 Å². The fraction of sp³-hybridized carbons (Fsp3) is 0.500. The molecule has 0 aromatic heterocycles. The van der Waals surface area contributed by atoms with Crippen LogP contribution in [0.5, 0.6) is 5.75 Å². The summed E-state index contributed by atoms with van der Waals surface area (Å²) in [6, 6.07) is 6.57. The molecule has 1 aliphatic carbocycles. The molecule has 1 aromatic rings. The number of rotatable bonds is 2. The van der Waals surface area contributed by atoms with Crippen molar-refractivity contribution in [2.45, 2.75) is 31.6 Å². The Kier molecular flexibility index (Phi) is 2.61. The van der Waals surface area contributed by atoms with E-state index in [2.05, 4.69) is 43.1 Å². The smallest absolute Gasteiger partial charge is 0.119 e. The van der Waals surface area contributed by atoms with E-state index in [4.69, 9.17) is 4.74 Å². The minimum absolute atomic E-state index is 0.233. The van der Waals surface area contributed by atoms with Crippen molar-refractivity contribution >= 4 is 0 Å². The van der Waals surface area contributed by atoms with Crippen molar-refractivity contribution in [2.24, 2.45) is 0 Å². The molecule has 2 nitrogen and oxygen atoms in total. The van der Waals surface area contributed by atoms with Gasteiger partial charge in [-0.3, -0.25) is 0 Å². The molecule has 1 aromatic carbocycles. The first-order valence-electron chi connectivity index (χ1n) is 6.80. The highest BCUT2D eigenvalue weighted by Gasteiger charge is 2.44. The lowest BCUT2D eigenvalue weighted by atomic mass is 9.69. The van der Waals surface area contributed by atoms with Gasteiger partial charge in [0, 0.05) is 24.7 Å². The van der Waals surface area contributed by atoms with E-state index in [9.17, 15) is 0 Å². The predicted molar refractivity (Wildman–Crippen MR) is 74.0 cm³/mol. The SMILES string of the molecule is CC[C@@]12CCN(C)C1=CCc1ccc(OC)cc12. The monoisotopic (exact) mass is 243 g/mol. The number of likely N-dealkylation sites (tertiary alicyclic amines) is 1. The quantitative estimate of drug-likeness (QED) is 0.791. The van der Waals surface area contributed by atoms with Crippen molar-refractivity contribution < 1.29 is 4.74 Å². The van der Waals surface area contributed by atoms with Gasteiger partial charge in [-0.05, 0) is 42.5 Å². The van der Waals surface area contributed by atoms with E-state index < -0.39 is 0 Å². The summed E-state index contributed by atoms with van der Waals surface area (Å²) in [6.45, 7) is 3.47. The summed E-state index contributed by atoms with van der Waals surface area (Å²) in [6.07, 6.45) is 5.88. The zero-order valence-corrected chi connectivity index (χ0v) is 11.5. The maximum Gasteiger partial charge on any atom is 0.119 e. The van der Waals surface area contributed by atoms with E-state index in [-0.39, 0.29) is 5.41 Å². The molecular weight excluding hydrogens is 222 g/mol. The Balaban J connectivity index is 2.17. The molecular formula is C16H21NO. The van der Waals surface area contributed by atoms with Crippen LogP contribution < -0.4 is 4.74 Å². The van der Waals surface area contributed by atoms with Crippen LogP contribution in [0.3, 0.4) is 0 Å². The standard InChI is InChI=1S/C16H21NO/c1-4-16-9-10-17(2)15(16)8-6-12-5-7-13(18-3)11-14(12)16/h5,7-8,11H,4,6,9-10H2,1-3H3/t16-/m0/s1. The lowest BCUT2D eigenvalue weighted by molar-refractivity contribution is 0.408. The first kappa shape index (κ1) is 11.6. The van der Waals surface area contributed by atoms with Crippen molar-refractivity contribution in [3.8, 4) is 5.75 Å². The van der Waals surface area contributed by atoms with Crippen LogP contribution in [0.25, 0.3) is 0 Å². The third-order valence-corrected chi connectivity index (χ3v) is 4.73. The molecule has 96 valence electrons. The van der Waals surface area contributed by atoms with Crippen LogP contribution in [0.4, 0.5) is 0 Å². The summed E-state index contributed by atoms with van der Waals surface area (Å²) >= 11 is 0. The highest BCUT2D eigenvalue weighted by atomic mass is 16.5. The Hall–Kier alpha value is -1.44. The molecule has 0 bridgehead atoms. The fourth-order valence-electron chi connectivity index (χ4n) is 3.66. The number of hydrogen-bond acceptors (Lipinski definition) is 2. The Morgan fingerprint density at radius 2 is 2.22 bits per heavy atom. The van der Waals surface area contributed by atoms with Crippen LogP contribution in [0.2, 0.25) is 0 Å². The highest BCUT2D eigenvalue weighted by Crippen LogP contribution is 2.49. The molecule has 0 unspecified atom stereocenters. The zero-order chi connectivity index (χ0) is 12.8. The topological polar surface area (TPSA) is 12.5 Å². The second-order valence-corrected chi connectivity index (χ2v) is 5.42. The normalized spacial score (nSPS) is 25.5. The molecule has 0 radical (unpaired) electrons. The molecule has 1 aliphatic heterocycles. The zero-order valence-electron chi connectivity index (χ0n) is 11.5.